The van der Waals surface area contributed by atoms with Crippen LogP contribution in [0.25, 0.3) is 0 Å². The van der Waals surface area contributed by atoms with Crippen LogP contribution in [0.4, 0.5) is 0 Å². The maximum absolute atomic E-state index is 11.5. The number of amides is 1. The number of carbonyl (C=O) groups is 1. The lowest BCUT2D eigenvalue weighted by atomic mass is 10.1. The van der Waals surface area contributed by atoms with Crippen molar-refractivity contribution in [2.75, 3.05) is 20.3 Å². The smallest absolute Gasteiger partial charge is 0.251 e. The molecule has 1 aromatic carbocycles. The van der Waals surface area contributed by atoms with E-state index in [0.29, 0.717) is 25.3 Å². The second kappa shape index (κ2) is 6.67. The van der Waals surface area contributed by atoms with Gasteiger partial charge in [0.1, 0.15) is 0 Å². The summed E-state index contributed by atoms with van der Waals surface area (Å²) in [5, 5.41) is 14.0. The van der Waals surface area contributed by atoms with Crippen LogP contribution in [0.5, 0.6) is 0 Å². The summed E-state index contributed by atoms with van der Waals surface area (Å²) in [6.07, 6.45) is 3.53. The zero-order chi connectivity index (χ0) is 15.4. The van der Waals surface area contributed by atoms with Gasteiger partial charge in [-0.1, -0.05) is 17.3 Å². The number of aromatic nitrogens is 3. The van der Waals surface area contributed by atoms with Crippen LogP contribution in [0.1, 0.15) is 22.0 Å². The van der Waals surface area contributed by atoms with Gasteiger partial charge < -0.3 is 15.4 Å². The first-order valence-electron chi connectivity index (χ1n) is 7.26. The summed E-state index contributed by atoms with van der Waals surface area (Å²) in [4.78, 5) is 11.5. The van der Waals surface area contributed by atoms with E-state index in [4.69, 9.17) is 4.74 Å². The number of nitrogens with one attached hydrogen (secondary N) is 2. The van der Waals surface area contributed by atoms with Gasteiger partial charge in [0.25, 0.3) is 5.91 Å². The number of rotatable bonds is 5. The van der Waals surface area contributed by atoms with Crippen LogP contribution in [0.3, 0.4) is 0 Å². The Morgan fingerprint density at radius 3 is 2.86 bits per heavy atom. The summed E-state index contributed by atoms with van der Waals surface area (Å²) < 4.78 is 7.38. The predicted molar refractivity (Wildman–Crippen MR) is 80.3 cm³/mol. The fraction of sp³-hybridized carbons (Fsp3) is 0.400. The number of hydrogen-bond donors (Lipinski definition) is 2. The number of carbonyl (C=O) groups excluding carboxylic acids is 1. The topological polar surface area (TPSA) is 81.1 Å². The molecule has 2 aromatic rings. The molecule has 1 saturated heterocycles. The molecular formula is C15H19N5O2. The third-order valence-corrected chi connectivity index (χ3v) is 3.84. The molecule has 1 fully saturated rings. The van der Waals surface area contributed by atoms with Gasteiger partial charge >= 0.3 is 0 Å². The highest BCUT2D eigenvalue weighted by molar-refractivity contribution is 5.93. The van der Waals surface area contributed by atoms with Crippen molar-refractivity contribution < 1.29 is 9.53 Å². The van der Waals surface area contributed by atoms with E-state index < -0.39 is 0 Å². The van der Waals surface area contributed by atoms with Crippen molar-refractivity contribution in [3.05, 3.63) is 47.8 Å². The van der Waals surface area contributed by atoms with Crippen molar-refractivity contribution in [2.24, 2.45) is 0 Å². The van der Waals surface area contributed by atoms with Crippen LogP contribution in [-0.4, -0.2) is 47.2 Å². The molecule has 0 aliphatic carbocycles. The van der Waals surface area contributed by atoms with Gasteiger partial charge in [-0.3, -0.25) is 4.79 Å². The van der Waals surface area contributed by atoms with Gasteiger partial charge in [-0.15, -0.1) is 5.10 Å². The van der Waals surface area contributed by atoms with Gasteiger partial charge in [0.15, 0.2) is 0 Å². The van der Waals surface area contributed by atoms with Gasteiger partial charge in [0.2, 0.25) is 0 Å². The predicted octanol–water partition coefficient (Wildman–Crippen LogP) is 0.367. The minimum Gasteiger partial charge on any atom is -0.377 e. The fourth-order valence-corrected chi connectivity index (χ4v) is 2.56. The Hall–Kier alpha value is -2.25. The quantitative estimate of drug-likeness (QED) is 0.834. The molecule has 2 heterocycles. The maximum Gasteiger partial charge on any atom is 0.251 e. The lowest BCUT2D eigenvalue weighted by Crippen LogP contribution is -2.36. The molecule has 1 aliphatic heterocycles. The van der Waals surface area contributed by atoms with E-state index in [-0.39, 0.29) is 18.0 Å². The highest BCUT2D eigenvalue weighted by Gasteiger charge is 2.29. The van der Waals surface area contributed by atoms with Crippen LogP contribution < -0.4 is 10.6 Å². The number of nitrogens with zero attached hydrogens (tertiary/aromatic N) is 3. The Morgan fingerprint density at radius 1 is 1.36 bits per heavy atom. The Balaban J connectivity index is 1.59. The highest BCUT2D eigenvalue weighted by atomic mass is 16.5. The molecule has 116 valence electrons. The standard InChI is InChI=1S/C15H19N5O2/c1-16-15(21)12-4-2-11(3-5-12)8-17-13-9-22-10-14(13)20-7-6-18-19-20/h2-7,13-14,17H,8-10H2,1H3,(H,16,21)/t13-,14+/m0/s1. The van der Waals surface area contributed by atoms with Crippen molar-refractivity contribution >= 4 is 5.91 Å². The molecule has 7 heteroatoms. The average molecular weight is 301 g/mol. The molecule has 22 heavy (non-hydrogen) atoms. The second-order valence-corrected chi connectivity index (χ2v) is 5.25. The molecule has 1 aromatic heterocycles. The van der Waals surface area contributed by atoms with Gasteiger partial charge in [-0.25, -0.2) is 4.68 Å². The summed E-state index contributed by atoms with van der Waals surface area (Å²) in [6, 6.07) is 7.93. The molecule has 1 aliphatic rings. The first-order valence-corrected chi connectivity index (χ1v) is 7.26. The van der Waals surface area contributed by atoms with E-state index in [1.165, 1.54) is 0 Å². The van der Waals surface area contributed by atoms with Crippen molar-refractivity contribution in [1.82, 2.24) is 25.6 Å². The average Bonchev–Trinajstić information content (AvgIpc) is 3.23. The highest BCUT2D eigenvalue weighted by Crippen LogP contribution is 2.18. The van der Waals surface area contributed by atoms with Gasteiger partial charge in [-0.05, 0) is 17.7 Å². The second-order valence-electron chi connectivity index (χ2n) is 5.25. The zero-order valence-electron chi connectivity index (χ0n) is 12.4. The minimum atomic E-state index is -0.0741. The van der Waals surface area contributed by atoms with E-state index in [1.807, 2.05) is 35.1 Å². The van der Waals surface area contributed by atoms with Crippen LogP contribution >= 0.6 is 0 Å². The molecule has 2 atom stereocenters. The molecule has 3 rings (SSSR count). The van der Waals surface area contributed by atoms with Crippen LogP contribution in [-0.2, 0) is 11.3 Å². The van der Waals surface area contributed by atoms with Crippen molar-refractivity contribution in [3.63, 3.8) is 0 Å². The van der Waals surface area contributed by atoms with E-state index in [0.717, 1.165) is 5.56 Å². The zero-order valence-corrected chi connectivity index (χ0v) is 12.4. The van der Waals surface area contributed by atoms with Gasteiger partial charge in [0.05, 0.1) is 31.5 Å². The molecule has 7 nitrogen and oxygen atoms in total. The summed E-state index contributed by atoms with van der Waals surface area (Å²) in [5.74, 6) is -0.0741. The lowest BCUT2D eigenvalue weighted by Gasteiger charge is -2.19. The summed E-state index contributed by atoms with van der Waals surface area (Å²) in [6.45, 7) is 2.00. The van der Waals surface area contributed by atoms with Crippen molar-refractivity contribution in [3.8, 4) is 0 Å². The number of ether oxygens (including phenoxy) is 1. The van der Waals surface area contributed by atoms with Crippen molar-refractivity contribution in [1.29, 1.82) is 0 Å². The molecule has 1 amide bonds. The normalized spacial score (nSPS) is 21.0. The summed E-state index contributed by atoms with van der Waals surface area (Å²) in [7, 11) is 1.63. The number of benzene rings is 1. The molecule has 0 saturated carbocycles. The van der Waals surface area contributed by atoms with Crippen LogP contribution in [0, 0.1) is 0 Å². The van der Waals surface area contributed by atoms with Crippen molar-refractivity contribution in [2.45, 2.75) is 18.6 Å². The molecule has 0 radical (unpaired) electrons. The molecular weight excluding hydrogens is 282 g/mol. The Bertz CT molecular complexity index is 611. The SMILES string of the molecule is CNC(=O)c1ccc(CN[C@H]2COC[C@H]2n2ccnn2)cc1. The van der Waals surface area contributed by atoms with E-state index >= 15 is 0 Å². The summed E-state index contributed by atoms with van der Waals surface area (Å²) >= 11 is 0. The van der Waals surface area contributed by atoms with Crippen LogP contribution in [0.2, 0.25) is 0 Å². The van der Waals surface area contributed by atoms with E-state index in [2.05, 4.69) is 20.9 Å². The Kier molecular flexibility index (Phi) is 4.45. The molecule has 0 bridgehead atoms. The van der Waals surface area contributed by atoms with Crippen LogP contribution in [0.15, 0.2) is 36.7 Å². The molecule has 0 unspecified atom stereocenters. The summed E-state index contributed by atoms with van der Waals surface area (Å²) in [5.41, 5.74) is 1.79. The maximum atomic E-state index is 11.5. The first kappa shape index (κ1) is 14.7. The molecule has 0 spiro atoms. The monoisotopic (exact) mass is 301 g/mol. The van der Waals surface area contributed by atoms with Gasteiger partial charge in [-0.2, -0.15) is 0 Å². The lowest BCUT2D eigenvalue weighted by molar-refractivity contribution is 0.0963. The van der Waals surface area contributed by atoms with E-state index in [9.17, 15) is 4.79 Å². The van der Waals surface area contributed by atoms with Gasteiger partial charge in [0, 0.05) is 25.4 Å². The minimum absolute atomic E-state index is 0.0741. The fourth-order valence-electron chi connectivity index (χ4n) is 2.56. The Morgan fingerprint density at radius 2 is 2.18 bits per heavy atom. The largest absolute Gasteiger partial charge is 0.377 e. The van der Waals surface area contributed by atoms with E-state index in [1.54, 1.807) is 13.2 Å². The molecule has 2 N–H and O–H groups in total. The third-order valence-electron chi connectivity index (χ3n) is 3.84. The first-order chi connectivity index (χ1) is 10.8. The Labute approximate surface area is 128 Å². The third kappa shape index (κ3) is 3.15. The number of hydrogen-bond acceptors (Lipinski definition) is 5.